The number of halogens is 1. The molecular formula is C11H13ClO. The van der Waals surface area contributed by atoms with Crippen molar-refractivity contribution in [3.8, 4) is 0 Å². The molecule has 0 N–H and O–H groups in total. The lowest BCUT2D eigenvalue weighted by Gasteiger charge is -1.99. The normalized spacial score (nSPS) is 10.0. The Balaban J connectivity index is 2.54. The molecule has 0 atom stereocenters. The SMILES string of the molecule is CCCC(=O)Cc1ccc(Cl)cc1. The molecule has 0 radical (unpaired) electrons. The zero-order chi connectivity index (χ0) is 9.68. The van der Waals surface area contributed by atoms with Crippen LogP contribution in [0.3, 0.4) is 0 Å². The second-order valence-electron chi connectivity index (χ2n) is 3.09. The summed E-state index contributed by atoms with van der Waals surface area (Å²) in [5, 5.41) is 0.715. The minimum atomic E-state index is 0.296. The zero-order valence-corrected chi connectivity index (χ0v) is 8.47. The van der Waals surface area contributed by atoms with Gasteiger partial charge in [-0.2, -0.15) is 0 Å². The predicted molar refractivity (Wildman–Crippen MR) is 55.1 cm³/mol. The van der Waals surface area contributed by atoms with E-state index in [2.05, 4.69) is 0 Å². The highest BCUT2D eigenvalue weighted by atomic mass is 35.5. The fraction of sp³-hybridized carbons (Fsp3) is 0.364. The van der Waals surface area contributed by atoms with Gasteiger partial charge in [0.05, 0.1) is 0 Å². The van der Waals surface area contributed by atoms with E-state index in [1.54, 1.807) is 0 Å². The summed E-state index contributed by atoms with van der Waals surface area (Å²) < 4.78 is 0. The van der Waals surface area contributed by atoms with Crippen LogP contribution in [0.2, 0.25) is 5.02 Å². The van der Waals surface area contributed by atoms with Crippen molar-refractivity contribution in [1.82, 2.24) is 0 Å². The maximum Gasteiger partial charge on any atom is 0.137 e. The van der Waals surface area contributed by atoms with E-state index in [9.17, 15) is 4.79 Å². The molecule has 1 aromatic rings. The molecule has 13 heavy (non-hydrogen) atoms. The van der Waals surface area contributed by atoms with Crippen LogP contribution in [0.1, 0.15) is 25.3 Å². The number of hydrogen-bond donors (Lipinski definition) is 0. The molecule has 1 rings (SSSR count). The van der Waals surface area contributed by atoms with Gasteiger partial charge in [-0.05, 0) is 24.1 Å². The van der Waals surface area contributed by atoms with Gasteiger partial charge in [-0.1, -0.05) is 30.7 Å². The quantitative estimate of drug-likeness (QED) is 0.723. The molecule has 0 amide bonds. The first-order valence-corrected chi connectivity index (χ1v) is 4.86. The van der Waals surface area contributed by atoms with E-state index in [0.717, 1.165) is 12.0 Å². The largest absolute Gasteiger partial charge is 0.299 e. The van der Waals surface area contributed by atoms with Crippen molar-refractivity contribution in [3.63, 3.8) is 0 Å². The number of carbonyl (C=O) groups is 1. The molecule has 70 valence electrons. The van der Waals surface area contributed by atoms with Crippen molar-refractivity contribution >= 4 is 17.4 Å². The van der Waals surface area contributed by atoms with Gasteiger partial charge in [-0.3, -0.25) is 4.79 Å². The molecule has 0 aliphatic heterocycles. The number of carbonyl (C=O) groups excluding carboxylic acids is 1. The van der Waals surface area contributed by atoms with E-state index in [1.165, 1.54) is 0 Å². The summed E-state index contributed by atoms with van der Waals surface area (Å²) in [6, 6.07) is 7.43. The van der Waals surface area contributed by atoms with Crippen LogP contribution in [0.25, 0.3) is 0 Å². The third kappa shape index (κ3) is 3.60. The van der Waals surface area contributed by atoms with E-state index in [1.807, 2.05) is 31.2 Å². The standard InChI is InChI=1S/C11H13ClO/c1-2-3-11(13)8-9-4-6-10(12)7-5-9/h4-7H,2-3,8H2,1H3. The van der Waals surface area contributed by atoms with Crippen molar-refractivity contribution in [1.29, 1.82) is 0 Å². The zero-order valence-electron chi connectivity index (χ0n) is 7.72. The van der Waals surface area contributed by atoms with Gasteiger partial charge >= 0.3 is 0 Å². The molecular weight excluding hydrogens is 184 g/mol. The number of Topliss-reactive ketones (excluding diaryl/α,β-unsaturated/α-hetero) is 1. The van der Waals surface area contributed by atoms with Crippen LogP contribution in [0, 0.1) is 0 Å². The summed E-state index contributed by atoms with van der Waals surface area (Å²) in [6.45, 7) is 2.01. The average molecular weight is 197 g/mol. The fourth-order valence-corrected chi connectivity index (χ4v) is 1.32. The Bertz CT molecular complexity index is 277. The van der Waals surface area contributed by atoms with E-state index in [0.29, 0.717) is 23.6 Å². The molecule has 0 heterocycles. The first-order chi connectivity index (χ1) is 6.22. The molecule has 0 fully saturated rings. The van der Waals surface area contributed by atoms with Crippen LogP contribution < -0.4 is 0 Å². The van der Waals surface area contributed by atoms with E-state index >= 15 is 0 Å². The first kappa shape index (κ1) is 10.3. The molecule has 0 unspecified atom stereocenters. The van der Waals surface area contributed by atoms with E-state index in [-0.39, 0.29) is 0 Å². The molecule has 1 aromatic carbocycles. The molecule has 1 nitrogen and oxygen atoms in total. The number of ketones is 1. The Kier molecular flexibility index (Phi) is 3.97. The minimum absolute atomic E-state index is 0.296. The Morgan fingerprint density at radius 2 is 1.92 bits per heavy atom. The van der Waals surface area contributed by atoms with Gasteiger partial charge in [-0.15, -0.1) is 0 Å². The minimum Gasteiger partial charge on any atom is -0.299 e. The predicted octanol–water partition coefficient (Wildman–Crippen LogP) is 3.25. The Morgan fingerprint density at radius 1 is 1.31 bits per heavy atom. The van der Waals surface area contributed by atoms with Crippen LogP contribution in [0.5, 0.6) is 0 Å². The monoisotopic (exact) mass is 196 g/mol. The number of benzene rings is 1. The van der Waals surface area contributed by atoms with Crippen LogP contribution in [0.15, 0.2) is 24.3 Å². The van der Waals surface area contributed by atoms with Gasteiger partial charge < -0.3 is 0 Å². The first-order valence-electron chi connectivity index (χ1n) is 4.48. The molecule has 0 aliphatic carbocycles. The van der Waals surface area contributed by atoms with Crippen molar-refractivity contribution < 1.29 is 4.79 Å². The fourth-order valence-electron chi connectivity index (χ4n) is 1.20. The molecule has 0 saturated heterocycles. The smallest absolute Gasteiger partial charge is 0.137 e. The summed E-state index contributed by atoms with van der Waals surface area (Å²) >= 11 is 5.72. The Labute approximate surface area is 83.7 Å². The van der Waals surface area contributed by atoms with Gasteiger partial charge in [0, 0.05) is 17.9 Å². The highest BCUT2D eigenvalue weighted by Crippen LogP contribution is 2.10. The van der Waals surface area contributed by atoms with Crippen LogP contribution >= 0.6 is 11.6 Å². The molecule has 0 aromatic heterocycles. The lowest BCUT2D eigenvalue weighted by molar-refractivity contribution is -0.118. The van der Waals surface area contributed by atoms with Gasteiger partial charge in [-0.25, -0.2) is 0 Å². The third-order valence-electron chi connectivity index (χ3n) is 1.84. The molecule has 0 spiro atoms. The van der Waals surface area contributed by atoms with Crippen molar-refractivity contribution in [2.75, 3.05) is 0 Å². The maximum absolute atomic E-state index is 11.3. The summed E-state index contributed by atoms with van der Waals surface area (Å²) in [4.78, 5) is 11.3. The Hall–Kier alpha value is -0.820. The van der Waals surface area contributed by atoms with Crippen molar-refractivity contribution in [2.45, 2.75) is 26.2 Å². The maximum atomic E-state index is 11.3. The highest BCUT2D eigenvalue weighted by molar-refractivity contribution is 6.30. The van der Waals surface area contributed by atoms with Crippen LogP contribution in [0.4, 0.5) is 0 Å². The molecule has 0 saturated carbocycles. The van der Waals surface area contributed by atoms with Gasteiger partial charge in [0.25, 0.3) is 0 Å². The van der Waals surface area contributed by atoms with Crippen LogP contribution in [-0.4, -0.2) is 5.78 Å². The van der Waals surface area contributed by atoms with E-state index < -0.39 is 0 Å². The lowest BCUT2D eigenvalue weighted by atomic mass is 10.1. The summed E-state index contributed by atoms with van der Waals surface area (Å²) in [7, 11) is 0. The van der Waals surface area contributed by atoms with Crippen LogP contribution in [-0.2, 0) is 11.2 Å². The second kappa shape index (κ2) is 5.03. The Morgan fingerprint density at radius 3 is 2.46 bits per heavy atom. The van der Waals surface area contributed by atoms with Crippen molar-refractivity contribution in [3.05, 3.63) is 34.9 Å². The third-order valence-corrected chi connectivity index (χ3v) is 2.10. The van der Waals surface area contributed by atoms with Gasteiger partial charge in [0.2, 0.25) is 0 Å². The lowest BCUT2D eigenvalue weighted by Crippen LogP contribution is -2.01. The number of hydrogen-bond acceptors (Lipinski definition) is 1. The molecule has 0 aliphatic rings. The summed E-state index contributed by atoms with van der Waals surface area (Å²) in [6.07, 6.45) is 2.13. The van der Waals surface area contributed by atoms with Gasteiger partial charge in [0.15, 0.2) is 0 Å². The average Bonchev–Trinajstić information content (AvgIpc) is 2.09. The number of rotatable bonds is 4. The van der Waals surface area contributed by atoms with E-state index in [4.69, 9.17) is 11.6 Å². The van der Waals surface area contributed by atoms with Gasteiger partial charge in [0.1, 0.15) is 5.78 Å². The molecule has 2 heteroatoms. The molecule has 0 bridgehead atoms. The second-order valence-corrected chi connectivity index (χ2v) is 3.53. The summed E-state index contributed by atoms with van der Waals surface area (Å²) in [5.74, 6) is 0.296. The van der Waals surface area contributed by atoms with Crippen molar-refractivity contribution in [2.24, 2.45) is 0 Å². The topological polar surface area (TPSA) is 17.1 Å². The summed E-state index contributed by atoms with van der Waals surface area (Å²) in [5.41, 5.74) is 1.04. The highest BCUT2D eigenvalue weighted by Gasteiger charge is 2.01.